The molecule has 0 saturated heterocycles. The molecule has 0 aliphatic rings. The summed E-state index contributed by atoms with van der Waals surface area (Å²) >= 11 is 1.31. The largest absolute Gasteiger partial charge is 0.397 e. The van der Waals surface area contributed by atoms with Gasteiger partial charge in [0.2, 0.25) is 0 Å². The number of aromatic nitrogens is 3. The van der Waals surface area contributed by atoms with Crippen LogP contribution in [0, 0.1) is 6.92 Å². The Hall–Kier alpha value is -2.41. The zero-order valence-corrected chi connectivity index (χ0v) is 12.6. The van der Waals surface area contributed by atoms with Gasteiger partial charge in [0.1, 0.15) is 9.71 Å². The number of anilines is 1. The zero-order valence-electron chi connectivity index (χ0n) is 11.8. The van der Waals surface area contributed by atoms with Crippen LogP contribution in [-0.2, 0) is 13.6 Å². The van der Waals surface area contributed by atoms with Gasteiger partial charge >= 0.3 is 0 Å². The fourth-order valence-electron chi connectivity index (χ4n) is 2.07. The minimum atomic E-state index is -0.196. The Morgan fingerprint density at radius 3 is 2.95 bits per heavy atom. The van der Waals surface area contributed by atoms with E-state index in [4.69, 9.17) is 5.73 Å². The third-order valence-corrected chi connectivity index (χ3v) is 4.25. The zero-order chi connectivity index (χ0) is 15.0. The molecule has 0 bridgehead atoms. The normalized spacial score (nSPS) is 11.0. The van der Waals surface area contributed by atoms with Crippen LogP contribution in [0.3, 0.4) is 0 Å². The number of amides is 1. The summed E-state index contributed by atoms with van der Waals surface area (Å²) in [5.41, 5.74) is 8.25. The predicted octanol–water partition coefficient (Wildman–Crippen LogP) is 1.85. The lowest BCUT2D eigenvalue weighted by molar-refractivity contribution is 0.0955. The average Bonchev–Trinajstić information content (AvgIpc) is 3.00. The first-order valence-corrected chi connectivity index (χ1v) is 7.28. The quantitative estimate of drug-likeness (QED) is 0.773. The van der Waals surface area contributed by atoms with Gasteiger partial charge < -0.3 is 11.1 Å². The Morgan fingerprint density at radius 1 is 1.43 bits per heavy atom. The molecule has 3 heterocycles. The van der Waals surface area contributed by atoms with Crippen molar-refractivity contribution >= 4 is 33.1 Å². The van der Waals surface area contributed by atoms with Crippen molar-refractivity contribution in [3.63, 3.8) is 0 Å². The molecule has 0 saturated carbocycles. The summed E-state index contributed by atoms with van der Waals surface area (Å²) in [5.74, 6) is -0.196. The van der Waals surface area contributed by atoms with Gasteiger partial charge in [-0.2, -0.15) is 5.10 Å². The molecule has 0 aliphatic heterocycles. The smallest absolute Gasteiger partial charge is 0.263 e. The summed E-state index contributed by atoms with van der Waals surface area (Å²) in [6, 6.07) is 5.65. The highest BCUT2D eigenvalue weighted by molar-refractivity contribution is 7.21. The predicted molar refractivity (Wildman–Crippen MR) is 83.1 cm³/mol. The summed E-state index contributed by atoms with van der Waals surface area (Å²) < 4.78 is 1.70. The second-order valence-corrected chi connectivity index (χ2v) is 5.81. The van der Waals surface area contributed by atoms with Gasteiger partial charge in [-0.3, -0.25) is 9.48 Å². The molecule has 108 valence electrons. The first kappa shape index (κ1) is 13.6. The number of thiophene rings is 1. The number of nitrogen functional groups attached to an aromatic ring is 1. The molecule has 0 unspecified atom stereocenters. The number of pyridine rings is 1. The van der Waals surface area contributed by atoms with Crippen LogP contribution in [0.2, 0.25) is 0 Å². The third-order valence-electron chi connectivity index (χ3n) is 3.14. The van der Waals surface area contributed by atoms with Gasteiger partial charge in [0.25, 0.3) is 5.91 Å². The standard InChI is InChI=1S/C14H15N5OS/c1-8-3-4-10-11(15)12(21-14(10)17-8)13(20)16-7-9-5-6-19(2)18-9/h3-6H,7,15H2,1-2H3,(H,16,20). The number of nitrogens with one attached hydrogen (secondary N) is 1. The Bertz CT molecular complexity index is 820. The van der Waals surface area contributed by atoms with Gasteiger partial charge in [-0.05, 0) is 25.1 Å². The minimum absolute atomic E-state index is 0.196. The van der Waals surface area contributed by atoms with Crippen molar-refractivity contribution in [2.75, 3.05) is 5.73 Å². The Labute approximate surface area is 125 Å². The number of carbonyl (C=O) groups excluding carboxylic acids is 1. The molecule has 3 N–H and O–H groups in total. The maximum absolute atomic E-state index is 12.3. The molecule has 0 radical (unpaired) electrons. The Balaban J connectivity index is 1.82. The monoisotopic (exact) mass is 301 g/mol. The van der Waals surface area contributed by atoms with Gasteiger partial charge in [0, 0.05) is 24.3 Å². The van der Waals surface area contributed by atoms with E-state index < -0.39 is 0 Å². The highest BCUT2D eigenvalue weighted by Crippen LogP contribution is 2.32. The maximum Gasteiger partial charge on any atom is 0.263 e. The maximum atomic E-state index is 12.3. The highest BCUT2D eigenvalue weighted by Gasteiger charge is 2.17. The lowest BCUT2D eigenvalue weighted by atomic mass is 10.2. The summed E-state index contributed by atoms with van der Waals surface area (Å²) in [6.07, 6.45) is 1.84. The number of rotatable bonds is 3. The highest BCUT2D eigenvalue weighted by atomic mass is 32.1. The van der Waals surface area contributed by atoms with Gasteiger partial charge in [0.05, 0.1) is 17.9 Å². The summed E-state index contributed by atoms with van der Waals surface area (Å²) in [5, 5.41) is 7.88. The number of carbonyl (C=O) groups is 1. The van der Waals surface area contributed by atoms with Crippen LogP contribution in [0.1, 0.15) is 21.1 Å². The van der Waals surface area contributed by atoms with Gasteiger partial charge in [-0.15, -0.1) is 11.3 Å². The number of aryl methyl sites for hydroxylation is 2. The van der Waals surface area contributed by atoms with Gasteiger partial charge in [0.15, 0.2) is 0 Å². The Morgan fingerprint density at radius 2 is 2.24 bits per heavy atom. The second kappa shape index (κ2) is 5.17. The lowest BCUT2D eigenvalue weighted by Gasteiger charge is -2.02. The number of fused-ring (bicyclic) bond motifs is 1. The van der Waals surface area contributed by atoms with E-state index in [9.17, 15) is 4.79 Å². The Kier molecular flexibility index (Phi) is 3.34. The molecule has 0 fully saturated rings. The van der Waals surface area contributed by atoms with E-state index >= 15 is 0 Å². The molecular weight excluding hydrogens is 286 g/mol. The molecular formula is C14H15N5OS. The van der Waals surface area contributed by atoms with Crippen LogP contribution in [0.15, 0.2) is 24.4 Å². The summed E-state index contributed by atoms with van der Waals surface area (Å²) in [6.45, 7) is 2.29. The van der Waals surface area contributed by atoms with Crippen LogP contribution in [-0.4, -0.2) is 20.7 Å². The summed E-state index contributed by atoms with van der Waals surface area (Å²) in [7, 11) is 1.84. The molecule has 0 atom stereocenters. The molecule has 0 spiro atoms. The van der Waals surface area contributed by atoms with Crippen molar-refractivity contribution in [2.24, 2.45) is 7.05 Å². The third kappa shape index (κ3) is 2.59. The summed E-state index contributed by atoms with van der Waals surface area (Å²) in [4.78, 5) is 17.9. The number of hydrogen-bond donors (Lipinski definition) is 2. The van der Waals surface area contributed by atoms with Crippen molar-refractivity contribution < 1.29 is 4.79 Å². The van der Waals surface area contributed by atoms with E-state index in [2.05, 4.69) is 15.4 Å². The van der Waals surface area contributed by atoms with Crippen LogP contribution < -0.4 is 11.1 Å². The second-order valence-electron chi connectivity index (χ2n) is 4.81. The van der Waals surface area contributed by atoms with Crippen molar-refractivity contribution in [2.45, 2.75) is 13.5 Å². The number of hydrogen-bond acceptors (Lipinski definition) is 5. The molecule has 3 aromatic rings. The number of nitrogens with zero attached hydrogens (tertiary/aromatic N) is 3. The topological polar surface area (TPSA) is 85.8 Å². The minimum Gasteiger partial charge on any atom is -0.397 e. The fourth-order valence-corrected chi connectivity index (χ4v) is 3.12. The first-order valence-electron chi connectivity index (χ1n) is 6.47. The molecule has 21 heavy (non-hydrogen) atoms. The van der Waals surface area contributed by atoms with Crippen LogP contribution in [0.5, 0.6) is 0 Å². The van der Waals surface area contributed by atoms with Crippen molar-refractivity contribution in [3.05, 3.63) is 40.7 Å². The first-order chi connectivity index (χ1) is 10.0. The van der Waals surface area contributed by atoms with Crippen LogP contribution in [0.25, 0.3) is 10.2 Å². The van der Waals surface area contributed by atoms with Crippen LogP contribution in [0.4, 0.5) is 5.69 Å². The molecule has 3 aromatic heterocycles. The van der Waals surface area contributed by atoms with Crippen molar-refractivity contribution in [3.8, 4) is 0 Å². The number of nitrogens with two attached hydrogens (primary N) is 1. The van der Waals surface area contributed by atoms with Crippen LogP contribution >= 0.6 is 11.3 Å². The molecule has 0 aromatic carbocycles. The molecule has 3 rings (SSSR count). The van der Waals surface area contributed by atoms with E-state index in [1.807, 2.05) is 38.4 Å². The van der Waals surface area contributed by atoms with E-state index in [1.54, 1.807) is 4.68 Å². The van der Waals surface area contributed by atoms with Crippen molar-refractivity contribution in [1.82, 2.24) is 20.1 Å². The van der Waals surface area contributed by atoms with Gasteiger partial charge in [-0.25, -0.2) is 4.98 Å². The SMILES string of the molecule is Cc1ccc2c(N)c(C(=O)NCc3ccn(C)n3)sc2n1. The molecule has 6 nitrogen and oxygen atoms in total. The van der Waals surface area contributed by atoms with Crippen molar-refractivity contribution in [1.29, 1.82) is 0 Å². The average molecular weight is 301 g/mol. The molecule has 1 amide bonds. The van der Waals surface area contributed by atoms with E-state index in [1.165, 1.54) is 11.3 Å². The van der Waals surface area contributed by atoms with Gasteiger partial charge in [-0.1, -0.05) is 0 Å². The fraction of sp³-hybridized carbons (Fsp3) is 0.214. The lowest BCUT2D eigenvalue weighted by Crippen LogP contribution is -2.23. The molecule has 0 aliphatic carbocycles. The van der Waals surface area contributed by atoms with E-state index in [0.717, 1.165) is 21.6 Å². The van der Waals surface area contributed by atoms with E-state index in [0.29, 0.717) is 17.1 Å². The molecule has 7 heteroatoms. The van der Waals surface area contributed by atoms with E-state index in [-0.39, 0.29) is 5.91 Å².